The maximum absolute atomic E-state index is 12.8. The number of allylic oxidation sites excluding steroid dienone is 1. The van der Waals surface area contributed by atoms with Crippen LogP contribution in [0.4, 0.5) is 5.95 Å². The highest BCUT2D eigenvalue weighted by Gasteiger charge is 2.36. The lowest BCUT2D eigenvalue weighted by atomic mass is 10.0. The van der Waals surface area contributed by atoms with Crippen LogP contribution in [0.15, 0.2) is 39.2 Å². The number of furan rings is 1. The molecule has 1 aliphatic heterocycles. The summed E-state index contributed by atoms with van der Waals surface area (Å²) in [5, 5.41) is 8.52. The maximum atomic E-state index is 12.8. The van der Waals surface area contributed by atoms with Gasteiger partial charge in [0.05, 0.1) is 18.4 Å². The lowest BCUT2D eigenvalue weighted by Crippen LogP contribution is -2.29. The summed E-state index contributed by atoms with van der Waals surface area (Å²) in [5.41, 5.74) is 1.21. The lowest BCUT2D eigenvalue weighted by Gasteiger charge is -2.26. The van der Waals surface area contributed by atoms with Crippen LogP contribution in [0.2, 0.25) is 0 Å². The fourth-order valence-electron chi connectivity index (χ4n) is 2.86. The number of carbonyl (C=O) groups is 1. The number of hydrogen-bond donors (Lipinski definition) is 1. The molecule has 0 fully saturated rings. The summed E-state index contributed by atoms with van der Waals surface area (Å²) in [6.45, 7) is 6.48. The van der Waals surface area contributed by atoms with Gasteiger partial charge in [-0.1, -0.05) is 38.5 Å². The Kier molecular flexibility index (Phi) is 6.60. The van der Waals surface area contributed by atoms with Crippen molar-refractivity contribution in [3.63, 3.8) is 0 Å². The zero-order valence-electron chi connectivity index (χ0n) is 16.0. The Balaban J connectivity index is 1.91. The van der Waals surface area contributed by atoms with Crippen LogP contribution in [-0.4, -0.2) is 33.1 Å². The van der Waals surface area contributed by atoms with Crippen molar-refractivity contribution in [1.82, 2.24) is 14.8 Å². The Morgan fingerprint density at radius 1 is 1.37 bits per heavy atom. The summed E-state index contributed by atoms with van der Waals surface area (Å²) in [5.74, 6) is 1.85. The molecule has 1 aliphatic rings. The van der Waals surface area contributed by atoms with E-state index in [4.69, 9.17) is 9.15 Å². The van der Waals surface area contributed by atoms with E-state index in [0.717, 1.165) is 31.4 Å². The molecule has 0 amide bonds. The molecule has 1 atom stereocenters. The second-order valence-corrected chi connectivity index (χ2v) is 7.50. The molecule has 0 spiro atoms. The third kappa shape index (κ3) is 4.37. The van der Waals surface area contributed by atoms with Crippen LogP contribution < -0.4 is 5.32 Å². The number of aromatic nitrogens is 3. The summed E-state index contributed by atoms with van der Waals surface area (Å²) in [6, 6.07) is 3.16. The molecular weight excluding hydrogens is 364 g/mol. The van der Waals surface area contributed by atoms with E-state index in [1.54, 1.807) is 28.8 Å². The van der Waals surface area contributed by atoms with Crippen molar-refractivity contribution in [2.45, 2.75) is 57.7 Å². The number of fused-ring (bicyclic) bond motifs is 1. The number of carbonyl (C=O) groups excluding carboxylic acids is 1. The topological polar surface area (TPSA) is 82.2 Å². The number of ether oxygens (including phenoxy) is 1. The predicted octanol–water partition coefficient (Wildman–Crippen LogP) is 4.40. The van der Waals surface area contributed by atoms with E-state index >= 15 is 0 Å². The highest BCUT2D eigenvalue weighted by Crippen LogP contribution is 2.36. The van der Waals surface area contributed by atoms with E-state index in [1.165, 1.54) is 0 Å². The van der Waals surface area contributed by atoms with Gasteiger partial charge in [-0.3, -0.25) is 0 Å². The van der Waals surface area contributed by atoms with Gasteiger partial charge < -0.3 is 14.5 Å². The molecule has 0 saturated carbocycles. The molecule has 146 valence electrons. The average molecular weight is 391 g/mol. The van der Waals surface area contributed by atoms with Crippen molar-refractivity contribution in [3.8, 4) is 0 Å². The Bertz CT molecular complexity index is 798. The SMILES string of the molecule is CCCCOC(=O)C1=C(C)Nc2nc(SCCCC)nn2C1c1ccco1. The Morgan fingerprint density at radius 3 is 2.89 bits per heavy atom. The van der Waals surface area contributed by atoms with Crippen LogP contribution in [0, 0.1) is 0 Å². The molecule has 0 radical (unpaired) electrons. The first kappa shape index (κ1) is 19.5. The zero-order chi connectivity index (χ0) is 19.2. The third-order valence-electron chi connectivity index (χ3n) is 4.33. The second kappa shape index (κ2) is 9.12. The number of rotatable bonds is 9. The zero-order valence-corrected chi connectivity index (χ0v) is 16.8. The summed E-state index contributed by atoms with van der Waals surface area (Å²) in [7, 11) is 0. The molecular formula is C19H26N4O3S. The summed E-state index contributed by atoms with van der Waals surface area (Å²) in [6.07, 6.45) is 5.64. The molecule has 0 aromatic carbocycles. The van der Waals surface area contributed by atoms with Gasteiger partial charge in [0.2, 0.25) is 11.1 Å². The molecule has 0 aliphatic carbocycles. The molecule has 3 heterocycles. The van der Waals surface area contributed by atoms with Crippen LogP contribution in [0.1, 0.15) is 58.3 Å². The largest absolute Gasteiger partial charge is 0.467 e. The number of esters is 1. The number of anilines is 1. The van der Waals surface area contributed by atoms with E-state index in [1.807, 2.05) is 13.0 Å². The van der Waals surface area contributed by atoms with Gasteiger partial charge in [-0.05, 0) is 31.9 Å². The molecule has 0 bridgehead atoms. The van der Waals surface area contributed by atoms with Crippen molar-refractivity contribution in [1.29, 1.82) is 0 Å². The number of thioether (sulfide) groups is 1. The molecule has 0 saturated heterocycles. The van der Waals surface area contributed by atoms with Gasteiger partial charge >= 0.3 is 5.97 Å². The Morgan fingerprint density at radius 2 is 2.19 bits per heavy atom. The van der Waals surface area contributed by atoms with E-state index in [2.05, 4.69) is 29.2 Å². The van der Waals surface area contributed by atoms with Gasteiger partial charge in [-0.15, -0.1) is 5.10 Å². The van der Waals surface area contributed by atoms with Crippen LogP contribution in [0.3, 0.4) is 0 Å². The fraction of sp³-hybridized carbons (Fsp3) is 0.526. The van der Waals surface area contributed by atoms with E-state index in [0.29, 0.717) is 34.7 Å². The molecule has 2 aromatic rings. The molecule has 27 heavy (non-hydrogen) atoms. The quantitative estimate of drug-likeness (QED) is 0.386. The predicted molar refractivity (Wildman–Crippen MR) is 105 cm³/mol. The third-order valence-corrected chi connectivity index (χ3v) is 5.25. The molecule has 2 aromatic heterocycles. The first-order valence-electron chi connectivity index (χ1n) is 9.43. The number of nitrogens with zero attached hydrogens (tertiary/aromatic N) is 3. The van der Waals surface area contributed by atoms with Gasteiger partial charge in [0.1, 0.15) is 11.8 Å². The number of hydrogen-bond acceptors (Lipinski definition) is 7. The minimum absolute atomic E-state index is 0.351. The minimum atomic E-state index is -0.488. The first-order valence-corrected chi connectivity index (χ1v) is 10.4. The molecule has 1 unspecified atom stereocenters. The van der Waals surface area contributed by atoms with E-state index < -0.39 is 6.04 Å². The number of unbranched alkanes of at least 4 members (excludes halogenated alkanes) is 2. The summed E-state index contributed by atoms with van der Waals surface area (Å²) < 4.78 is 12.8. The van der Waals surface area contributed by atoms with Crippen molar-refractivity contribution in [3.05, 3.63) is 35.4 Å². The van der Waals surface area contributed by atoms with Crippen LogP contribution in [0.5, 0.6) is 0 Å². The molecule has 8 heteroatoms. The summed E-state index contributed by atoms with van der Waals surface area (Å²) in [4.78, 5) is 17.4. The van der Waals surface area contributed by atoms with Crippen LogP contribution in [0.25, 0.3) is 0 Å². The van der Waals surface area contributed by atoms with Crippen molar-refractivity contribution in [2.24, 2.45) is 0 Å². The van der Waals surface area contributed by atoms with Gasteiger partial charge in [-0.2, -0.15) is 4.98 Å². The van der Waals surface area contributed by atoms with E-state index in [9.17, 15) is 4.79 Å². The molecule has 7 nitrogen and oxygen atoms in total. The second-order valence-electron chi connectivity index (χ2n) is 6.44. The molecule has 1 N–H and O–H groups in total. The summed E-state index contributed by atoms with van der Waals surface area (Å²) >= 11 is 1.62. The van der Waals surface area contributed by atoms with E-state index in [-0.39, 0.29) is 5.97 Å². The standard InChI is InChI=1S/C19H26N4O3S/c1-4-6-10-26-17(24)15-13(3)20-18-21-19(27-12-7-5-2)22-23(18)16(15)14-9-8-11-25-14/h8-9,11,16H,4-7,10,12H2,1-3H3,(H,20,21,22). The van der Waals surface area contributed by atoms with Crippen LogP contribution in [-0.2, 0) is 9.53 Å². The highest BCUT2D eigenvalue weighted by atomic mass is 32.2. The monoisotopic (exact) mass is 390 g/mol. The van der Waals surface area contributed by atoms with Gasteiger partial charge in [0.15, 0.2) is 0 Å². The fourth-order valence-corrected chi connectivity index (χ4v) is 3.77. The molecule has 3 rings (SSSR count). The highest BCUT2D eigenvalue weighted by molar-refractivity contribution is 7.99. The average Bonchev–Trinajstić information content (AvgIpc) is 3.30. The van der Waals surface area contributed by atoms with Gasteiger partial charge in [0, 0.05) is 11.4 Å². The normalized spacial score (nSPS) is 16.2. The van der Waals surface area contributed by atoms with Crippen LogP contribution >= 0.6 is 11.8 Å². The first-order chi connectivity index (χ1) is 13.2. The Hall–Kier alpha value is -2.22. The van der Waals surface area contributed by atoms with Crippen molar-refractivity contribution < 1.29 is 13.9 Å². The Labute approximate surface area is 163 Å². The van der Waals surface area contributed by atoms with Gasteiger partial charge in [-0.25, -0.2) is 9.48 Å². The minimum Gasteiger partial charge on any atom is -0.467 e. The number of nitrogens with one attached hydrogen (secondary N) is 1. The van der Waals surface area contributed by atoms with Gasteiger partial charge in [0.25, 0.3) is 0 Å². The smallest absolute Gasteiger partial charge is 0.338 e. The van der Waals surface area contributed by atoms with Crippen molar-refractivity contribution >= 4 is 23.7 Å². The lowest BCUT2D eigenvalue weighted by molar-refractivity contribution is -0.139. The maximum Gasteiger partial charge on any atom is 0.338 e. The van der Waals surface area contributed by atoms with Crippen molar-refractivity contribution in [2.75, 3.05) is 17.7 Å².